The Morgan fingerprint density at radius 3 is 2.39 bits per heavy atom. The highest BCUT2D eigenvalue weighted by atomic mass is 32.2. The van der Waals surface area contributed by atoms with E-state index in [1.165, 1.54) is 32.7 Å². The normalized spacial score (nSPS) is 16.8. The Bertz CT molecular complexity index is 1430. The van der Waals surface area contributed by atoms with Crippen LogP contribution >= 0.6 is 0 Å². The van der Waals surface area contributed by atoms with Gasteiger partial charge in [-0.15, -0.1) is 0 Å². The molecule has 11 heteroatoms. The molecule has 2 atom stereocenters. The highest BCUT2D eigenvalue weighted by Gasteiger charge is 2.37. The quantitative estimate of drug-likeness (QED) is 0.543. The van der Waals surface area contributed by atoms with Gasteiger partial charge in [0, 0.05) is 25.2 Å². The molecule has 2 aromatic carbocycles. The van der Waals surface area contributed by atoms with Crippen molar-refractivity contribution in [3.05, 3.63) is 77.2 Å². The molecule has 1 N–H and O–H groups in total. The largest absolute Gasteiger partial charge is 0.360 e. The van der Waals surface area contributed by atoms with E-state index in [4.69, 9.17) is 4.52 Å². The summed E-state index contributed by atoms with van der Waals surface area (Å²) < 4.78 is 32.3. The maximum absolute atomic E-state index is 13.3. The standard InChI is InChI=1S/C25H27N5O5S/c1-15-22(17(3)35-28-15)36(33,34)30(5)16(2)24(31)27-23-25(32)29(4)20-14-10-9-13-19(20)21(26-23)18-11-7-6-8-12-18/h6-14,16,23H,1-5H3,(H,27,31). The molecule has 0 bridgehead atoms. The van der Waals surface area contributed by atoms with Gasteiger partial charge in [-0.25, -0.2) is 13.4 Å². The fourth-order valence-corrected chi connectivity index (χ4v) is 5.67. The van der Waals surface area contributed by atoms with Gasteiger partial charge in [0.15, 0.2) is 5.76 Å². The first kappa shape index (κ1) is 25.3. The van der Waals surface area contributed by atoms with Gasteiger partial charge < -0.3 is 14.7 Å². The number of aliphatic imine (C=N–C) groups is 1. The highest BCUT2D eigenvalue weighted by molar-refractivity contribution is 7.89. The average Bonchev–Trinajstić information content (AvgIpc) is 3.18. The van der Waals surface area contributed by atoms with Crippen LogP contribution in [-0.4, -0.2) is 61.7 Å². The molecule has 0 fully saturated rings. The van der Waals surface area contributed by atoms with Crippen molar-refractivity contribution in [2.45, 2.75) is 37.9 Å². The number of carbonyl (C=O) groups is 2. The minimum atomic E-state index is -4.09. The second-order valence-corrected chi connectivity index (χ2v) is 10.5. The van der Waals surface area contributed by atoms with E-state index in [9.17, 15) is 18.0 Å². The fourth-order valence-electron chi connectivity index (χ4n) is 4.06. The van der Waals surface area contributed by atoms with Crippen molar-refractivity contribution in [2.24, 2.45) is 4.99 Å². The summed E-state index contributed by atoms with van der Waals surface area (Å²) in [7, 11) is -1.18. The number of rotatable bonds is 6. The van der Waals surface area contributed by atoms with Gasteiger partial charge in [0.2, 0.25) is 22.1 Å². The van der Waals surface area contributed by atoms with Crippen LogP contribution in [-0.2, 0) is 19.6 Å². The number of hydrogen-bond donors (Lipinski definition) is 1. The highest BCUT2D eigenvalue weighted by Crippen LogP contribution is 2.27. The molecule has 0 radical (unpaired) electrons. The predicted molar refractivity (Wildman–Crippen MR) is 134 cm³/mol. The lowest BCUT2D eigenvalue weighted by Crippen LogP contribution is -2.52. The van der Waals surface area contributed by atoms with Crippen LogP contribution in [0.3, 0.4) is 0 Å². The maximum Gasteiger partial charge on any atom is 0.272 e. The second kappa shape index (κ2) is 9.67. The van der Waals surface area contributed by atoms with Gasteiger partial charge in [-0.1, -0.05) is 53.7 Å². The van der Waals surface area contributed by atoms with Gasteiger partial charge in [0.1, 0.15) is 16.6 Å². The predicted octanol–water partition coefficient (Wildman–Crippen LogP) is 2.26. The summed E-state index contributed by atoms with van der Waals surface area (Å²) >= 11 is 0. The van der Waals surface area contributed by atoms with Crippen LogP contribution in [0.25, 0.3) is 0 Å². The molecule has 0 spiro atoms. The SMILES string of the molecule is Cc1noc(C)c1S(=O)(=O)N(C)C(C)C(=O)NC1N=C(c2ccccc2)c2ccccc2N(C)C1=O. The number of benzene rings is 2. The van der Waals surface area contributed by atoms with Crippen molar-refractivity contribution < 1.29 is 22.5 Å². The number of nitrogens with zero attached hydrogens (tertiary/aromatic N) is 4. The zero-order chi connectivity index (χ0) is 26.2. The average molecular weight is 510 g/mol. The van der Waals surface area contributed by atoms with Crippen molar-refractivity contribution in [3.63, 3.8) is 0 Å². The van der Waals surface area contributed by atoms with Gasteiger partial charge in [-0.3, -0.25) is 9.59 Å². The fraction of sp³-hybridized carbons (Fsp3) is 0.280. The number of anilines is 1. The van der Waals surface area contributed by atoms with Crippen LogP contribution in [0.1, 0.15) is 29.5 Å². The number of carbonyl (C=O) groups excluding carboxylic acids is 2. The first-order chi connectivity index (χ1) is 17.0. The minimum Gasteiger partial charge on any atom is -0.360 e. The summed E-state index contributed by atoms with van der Waals surface area (Å²) in [5.41, 5.74) is 2.90. The van der Waals surface area contributed by atoms with E-state index in [1.54, 1.807) is 7.05 Å². The third kappa shape index (κ3) is 4.42. The zero-order valence-corrected chi connectivity index (χ0v) is 21.4. The Kier molecular flexibility index (Phi) is 6.79. The van der Waals surface area contributed by atoms with Crippen LogP contribution in [0.2, 0.25) is 0 Å². The molecule has 3 aromatic rings. The van der Waals surface area contributed by atoms with Crippen molar-refractivity contribution in [2.75, 3.05) is 19.0 Å². The molecular formula is C25H27N5O5S. The Morgan fingerprint density at radius 2 is 1.75 bits per heavy atom. The molecule has 0 saturated heterocycles. The summed E-state index contributed by atoms with van der Waals surface area (Å²) in [6.45, 7) is 4.44. The van der Waals surface area contributed by atoms with E-state index in [2.05, 4.69) is 15.5 Å². The number of aromatic nitrogens is 1. The van der Waals surface area contributed by atoms with Crippen molar-refractivity contribution in [1.82, 2.24) is 14.8 Å². The van der Waals surface area contributed by atoms with E-state index in [0.29, 0.717) is 11.4 Å². The Morgan fingerprint density at radius 1 is 1.11 bits per heavy atom. The molecule has 4 rings (SSSR count). The number of amides is 2. The summed E-state index contributed by atoms with van der Waals surface area (Å²) in [4.78, 5) is 32.6. The number of benzodiazepines with no additional fused rings is 1. The Labute approximate surface area is 209 Å². The molecule has 36 heavy (non-hydrogen) atoms. The van der Waals surface area contributed by atoms with E-state index in [-0.39, 0.29) is 16.3 Å². The lowest BCUT2D eigenvalue weighted by atomic mass is 10.0. The second-order valence-electron chi connectivity index (χ2n) is 8.52. The van der Waals surface area contributed by atoms with Gasteiger partial charge in [0.25, 0.3) is 5.91 Å². The summed E-state index contributed by atoms with van der Waals surface area (Å²) in [6, 6.07) is 15.5. The number of likely N-dealkylation sites (N-methyl/N-ethyl adjacent to an activating group) is 2. The molecule has 2 unspecified atom stereocenters. The first-order valence-corrected chi connectivity index (χ1v) is 12.7. The Hall–Kier alpha value is -3.83. The monoisotopic (exact) mass is 509 g/mol. The first-order valence-electron chi connectivity index (χ1n) is 11.3. The molecule has 1 aromatic heterocycles. The lowest BCUT2D eigenvalue weighted by molar-refractivity contribution is -0.129. The number of para-hydroxylation sites is 1. The molecule has 0 saturated carbocycles. The third-order valence-electron chi connectivity index (χ3n) is 6.20. The minimum absolute atomic E-state index is 0.0882. The Balaban J connectivity index is 1.67. The smallest absolute Gasteiger partial charge is 0.272 e. The molecule has 0 aliphatic carbocycles. The molecule has 1 aliphatic rings. The molecule has 2 heterocycles. The number of nitrogens with one attached hydrogen (secondary N) is 1. The van der Waals surface area contributed by atoms with Gasteiger partial charge >= 0.3 is 0 Å². The summed E-state index contributed by atoms with van der Waals surface area (Å²) in [6.07, 6.45) is -1.26. The molecule has 2 amide bonds. The van der Waals surface area contributed by atoms with E-state index in [0.717, 1.165) is 15.4 Å². The summed E-state index contributed by atoms with van der Waals surface area (Å²) in [5.74, 6) is -1.01. The molecule has 188 valence electrons. The van der Waals surface area contributed by atoms with E-state index >= 15 is 0 Å². The topological polar surface area (TPSA) is 125 Å². The van der Waals surface area contributed by atoms with Crippen LogP contribution in [0.4, 0.5) is 5.69 Å². The zero-order valence-electron chi connectivity index (χ0n) is 20.6. The van der Waals surface area contributed by atoms with Crippen LogP contribution in [0.15, 0.2) is 69.0 Å². The summed E-state index contributed by atoms with van der Waals surface area (Å²) in [5, 5.41) is 6.34. The van der Waals surface area contributed by atoms with Crippen LogP contribution in [0.5, 0.6) is 0 Å². The molecule has 10 nitrogen and oxygen atoms in total. The van der Waals surface area contributed by atoms with Gasteiger partial charge in [-0.2, -0.15) is 4.31 Å². The van der Waals surface area contributed by atoms with Crippen LogP contribution < -0.4 is 10.2 Å². The number of aryl methyl sites for hydroxylation is 2. The van der Waals surface area contributed by atoms with Crippen molar-refractivity contribution in [3.8, 4) is 0 Å². The van der Waals surface area contributed by atoms with Crippen LogP contribution in [0, 0.1) is 13.8 Å². The van der Waals surface area contributed by atoms with E-state index < -0.39 is 34.0 Å². The van der Waals surface area contributed by atoms with Gasteiger partial charge in [0.05, 0.1) is 11.4 Å². The van der Waals surface area contributed by atoms with E-state index in [1.807, 2.05) is 54.6 Å². The van der Waals surface area contributed by atoms with Crippen molar-refractivity contribution in [1.29, 1.82) is 0 Å². The number of fused-ring (bicyclic) bond motifs is 1. The molecule has 1 aliphatic heterocycles. The van der Waals surface area contributed by atoms with Gasteiger partial charge in [-0.05, 0) is 26.8 Å². The third-order valence-corrected chi connectivity index (χ3v) is 8.37. The molecular weight excluding hydrogens is 482 g/mol. The number of sulfonamides is 1. The van der Waals surface area contributed by atoms with Crippen molar-refractivity contribution >= 4 is 33.2 Å². The maximum atomic E-state index is 13.3. The lowest BCUT2D eigenvalue weighted by Gasteiger charge is -2.26. The number of hydrogen-bond acceptors (Lipinski definition) is 7.